The van der Waals surface area contributed by atoms with Crippen LogP contribution < -0.4 is 0 Å². The molecule has 0 amide bonds. The number of hydrogen-bond acceptors (Lipinski definition) is 7. The Labute approximate surface area is 204 Å². The smallest absolute Gasteiger partial charge is 0.174 e. The van der Waals surface area contributed by atoms with Gasteiger partial charge in [0.25, 0.3) is 0 Å². The van der Waals surface area contributed by atoms with Crippen molar-refractivity contribution in [2.24, 2.45) is 0 Å². The molecular formula is C26H32N4O3S. The third-order valence-corrected chi connectivity index (χ3v) is 7.70. The van der Waals surface area contributed by atoms with E-state index < -0.39 is 0 Å². The minimum atomic E-state index is 0.133. The van der Waals surface area contributed by atoms with E-state index >= 15 is 0 Å². The molecule has 1 aromatic carbocycles. The molecule has 2 aromatic heterocycles. The van der Waals surface area contributed by atoms with Crippen molar-refractivity contribution in [2.45, 2.75) is 50.9 Å². The van der Waals surface area contributed by atoms with E-state index in [1.165, 1.54) is 11.8 Å². The lowest BCUT2D eigenvalue weighted by Gasteiger charge is -2.25. The number of Topliss-reactive ketones (excluding diaryl/α,β-unsaturated/α-hetero) is 1. The van der Waals surface area contributed by atoms with E-state index in [9.17, 15) is 4.79 Å². The zero-order chi connectivity index (χ0) is 23.5. The fourth-order valence-electron chi connectivity index (χ4n) is 4.80. The van der Waals surface area contributed by atoms with E-state index in [0.29, 0.717) is 12.3 Å². The molecule has 0 spiro atoms. The normalized spacial score (nSPS) is 19.2. The first-order chi connectivity index (χ1) is 16.6. The van der Waals surface area contributed by atoms with Crippen molar-refractivity contribution in [3.63, 3.8) is 0 Å². The van der Waals surface area contributed by atoms with Crippen LogP contribution in [0.2, 0.25) is 0 Å². The maximum Gasteiger partial charge on any atom is 0.174 e. The van der Waals surface area contributed by atoms with E-state index in [0.717, 1.165) is 91.0 Å². The van der Waals surface area contributed by atoms with Crippen LogP contribution in [-0.4, -0.2) is 70.0 Å². The number of aromatic nitrogens is 3. The number of hydrogen-bond donors (Lipinski definition) is 0. The van der Waals surface area contributed by atoms with Gasteiger partial charge in [-0.2, -0.15) is 0 Å². The lowest BCUT2D eigenvalue weighted by Crippen LogP contribution is -2.36. The van der Waals surface area contributed by atoms with Gasteiger partial charge in [-0.1, -0.05) is 30.0 Å². The zero-order valence-electron chi connectivity index (χ0n) is 20.0. The Balaban J connectivity index is 1.32. The molecule has 0 aliphatic carbocycles. The van der Waals surface area contributed by atoms with Crippen LogP contribution in [0.5, 0.6) is 0 Å². The highest BCUT2D eigenvalue weighted by Gasteiger charge is 2.22. The quantitative estimate of drug-likeness (QED) is 0.274. The Kier molecular flexibility index (Phi) is 7.29. The van der Waals surface area contributed by atoms with Gasteiger partial charge in [0, 0.05) is 48.6 Å². The monoisotopic (exact) mass is 480 g/mol. The highest BCUT2D eigenvalue weighted by atomic mass is 32.2. The van der Waals surface area contributed by atoms with Crippen LogP contribution in [0.3, 0.4) is 0 Å². The Bertz CT molecular complexity index is 1170. The number of carbonyl (C=O) groups excluding carboxylic acids is 1. The van der Waals surface area contributed by atoms with E-state index in [-0.39, 0.29) is 11.9 Å². The fourth-order valence-corrected chi connectivity index (χ4v) is 5.72. The molecule has 0 bridgehead atoms. The summed E-state index contributed by atoms with van der Waals surface area (Å²) in [4.78, 5) is 25.2. The predicted molar refractivity (Wildman–Crippen MR) is 134 cm³/mol. The summed E-state index contributed by atoms with van der Waals surface area (Å²) in [6.45, 7) is 9.73. The number of aryl methyl sites for hydroxylation is 1. The van der Waals surface area contributed by atoms with Gasteiger partial charge in [-0.3, -0.25) is 9.69 Å². The minimum absolute atomic E-state index is 0.133. The van der Waals surface area contributed by atoms with Crippen molar-refractivity contribution >= 4 is 28.4 Å². The van der Waals surface area contributed by atoms with Crippen molar-refractivity contribution in [3.05, 3.63) is 53.1 Å². The molecule has 3 aromatic rings. The first-order valence-electron chi connectivity index (χ1n) is 12.1. The van der Waals surface area contributed by atoms with E-state index in [1.807, 2.05) is 37.3 Å². The largest absolute Gasteiger partial charge is 0.379 e. The van der Waals surface area contributed by atoms with Crippen LogP contribution in [-0.2, 0) is 22.6 Å². The van der Waals surface area contributed by atoms with Crippen molar-refractivity contribution in [1.82, 2.24) is 19.4 Å². The first kappa shape index (κ1) is 23.5. The van der Waals surface area contributed by atoms with Gasteiger partial charge < -0.3 is 14.0 Å². The van der Waals surface area contributed by atoms with Crippen molar-refractivity contribution in [1.29, 1.82) is 0 Å². The fraction of sp³-hybridized carbons (Fsp3) is 0.500. The number of nitrogens with zero attached hydrogens (tertiary/aromatic N) is 4. The summed E-state index contributed by atoms with van der Waals surface area (Å²) in [7, 11) is 0. The molecule has 180 valence electrons. The van der Waals surface area contributed by atoms with Gasteiger partial charge in [0.05, 0.1) is 37.1 Å². The lowest BCUT2D eigenvalue weighted by molar-refractivity contribution is 0.0330. The number of benzene rings is 1. The van der Waals surface area contributed by atoms with Crippen LogP contribution in [0.25, 0.3) is 10.9 Å². The number of ketones is 1. The molecule has 0 N–H and O–H groups in total. The Morgan fingerprint density at radius 2 is 1.97 bits per heavy atom. The predicted octanol–water partition coefficient (Wildman–Crippen LogP) is 4.03. The number of morpholine rings is 1. The summed E-state index contributed by atoms with van der Waals surface area (Å²) in [5.41, 5.74) is 3.86. The maximum atomic E-state index is 13.2. The molecule has 7 nitrogen and oxygen atoms in total. The number of thioether (sulfide) groups is 1. The molecule has 4 heterocycles. The minimum Gasteiger partial charge on any atom is -0.379 e. The standard InChI is InChI=1S/C26H32N4O3S/c1-18-14-22(19(2)30(18)15-20-6-5-11-33-20)24(31)17-34-26-21-7-3-4-8-23(21)27-25(28-26)16-29-9-12-32-13-10-29/h3-4,7-8,14,20H,5-6,9-13,15-17H2,1-2H3. The second-order valence-electron chi connectivity index (χ2n) is 9.09. The van der Waals surface area contributed by atoms with Crippen molar-refractivity contribution in [2.75, 3.05) is 38.7 Å². The molecular weight excluding hydrogens is 448 g/mol. The molecule has 34 heavy (non-hydrogen) atoms. The lowest BCUT2D eigenvalue weighted by atomic mass is 10.2. The average Bonchev–Trinajstić information content (AvgIpc) is 3.47. The van der Waals surface area contributed by atoms with Gasteiger partial charge in [0.1, 0.15) is 10.9 Å². The third kappa shape index (κ3) is 5.20. The average molecular weight is 481 g/mol. The topological polar surface area (TPSA) is 69.5 Å². The molecule has 0 saturated carbocycles. The summed E-state index contributed by atoms with van der Waals surface area (Å²) in [6, 6.07) is 10.1. The van der Waals surface area contributed by atoms with Crippen LogP contribution in [0, 0.1) is 13.8 Å². The highest BCUT2D eigenvalue weighted by Crippen LogP contribution is 2.28. The number of fused-ring (bicyclic) bond motifs is 1. The zero-order valence-corrected chi connectivity index (χ0v) is 20.8. The molecule has 2 aliphatic heterocycles. The van der Waals surface area contributed by atoms with Gasteiger partial charge in [-0.05, 0) is 38.8 Å². The summed E-state index contributed by atoms with van der Waals surface area (Å²) in [5.74, 6) is 1.28. The van der Waals surface area contributed by atoms with Crippen LogP contribution in [0.15, 0.2) is 35.4 Å². The SMILES string of the molecule is Cc1cc(C(=O)CSc2nc(CN3CCOCC3)nc3ccccc23)c(C)n1CC1CCCO1. The Morgan fingerprint density at radius 1 is 1.15 bits per heavy atom. The molecule has 2 saturated heterocycles. The number of rotatable bonds is 8. The molecule has 8 heteroatoms. The van der Waals surface area contributed by atoms with Gasteiger partial charge in [0.15, 0.2) is 5.78 Å². The molecule has 1 atom stereocenters. The molecule has 5 rings (SSSR count). The number of ether oxygens (including phenoxy) is 2. The molecule has 2 fully saturated rings. The highest BCUT2D eigenvalue weighted by molar-refractivity contribution is 8.00. The van der Waals surface area contributed by atoms with Crippen molar-refractivity contribution in [3.8, 4) is 0 Å². The molecule has 0 radical (unpaired) electrons. The number of para-hydroxylation sites is 1. The van der Waals surface area contributed by atoms with Crippen LogP contribution in [0.4, 0.5) is 0 Å². The second kappa shape index (κ2) is 10.6. The summed E-state index contributed by atoms with van der Waals surface area (Å²) < 4.78 is 13.5. The van der Waals surface area contributed by atoms with E-state index in [1.54, 1.807) is 0 Å². The van der Waals surface area contributed by atoms with Gasteiger partial charge in [-0.15, -0.1) is 0 Å². The Hall–Kier alpha value is -2.26. The first-order valence-corrected chi connectivity index (χ1v) is 13.1. The van der Waals surface area contributed by atoms with Gasteiger partial charge >= 0.3 is 0 Å². The summed E-state index contributed by atoms with van der Waals surface area (Å²) in [5, 5.41) is 1.87. The van der Waals surface area contributed by atoms with E-state index in [2.05, 4.69) is 16.4 Å². The maximum absolute atomic E-state index is 13.2. The van der Waals surface area contributed by atoms with Crippen molar-refractivity contribution < 1.29 is 14.3 Å². The third-order valence-electron chi connectivity index (χ3n) is 6.71. The van der Waals surface area contributed by atoms with Gasteiger partial charge in [0.2, 0.25) is 0 Å². The van der Waals surface area contributed by atoms with Crippen LogP contribution in [0.1, 0.15) is 40.4 Å². The van der Waals surface area contributed by atoms with Gasteiger partial charge in [-0.25, -0.2) is 9.97 Å². The summed E-state index contributed by atoms with van der Waals surface area (Å²) in [6.07, 6.45) is 2.45. The van der Waals surface area contributed by atoms with Crippen LogP contribution >= 0.6 is 11.8 Å². The summed E-state index contributed by atoms with van der Waals surface area (Å²) >= 11 is 1.51. The second-order valence-corrected chi connectivity index (χ2v) is 10.1. The molecule has 1 unspecified atom stereocenters. The Morgan fingerprint density at radius 3 is 2.76 bits per heavy atom. The number of carbonyl (C=O) groups is 1. The molecule has 2 aliphatic rings. The van der Waals surface area contributed by atoms with E-state index in [4.69, 9.17) is 19.4 Å².